The first-order chi connectivity index (χ1) is 9.61. The van der Waals surface area contributed by atoms with Crippen LogP contribution in [0.2, 0.25) is 0 Å². The SMILES string of the molecule is CCNC(=NCc1ccn(C)c1)NCC1(C)CCCS1. The quantitative estimate of drug-likeness (QED) is 0.647. The van der Waals surface area contributed by atoms with Gasteiger partial charge >= 0.3 is 0 Å². The van der Waals surface area contributed by atoms with Crippen molar-refractivity contribution in [1.29, 1.82) is 0 Å². The summed E-state index contributed by atoms with van der Waals surface area (Å²) in [6, 6.07) is 2.11. The van der Waals surface area contributed by atoms with Crippen molar-refractivity contribution >= 4 is 17.7 Å². The number of hydrogen-bond donors (Lipinski definition) is 2. The zero-order valence-corrected chi connectivity index (χ0v) is 13.6. The van der Waals surface area contributed by atoms with E-state index < -0.39 is 0 Å². The van der Waals surface area contributed by atoms with E-state index in [1.54, 1.807) is 0 Å². The molecular weight excluding hydrogens is 268 g/mol. The fourth-order valence-corrected chi connectivity index (χ4v) is 3.66. The highest BCUT2D eigenvalue weighted by Gasteiger charge is 2.29. The average Bonchev–Trinajstić information content (AvgIpc) is 3.03. The summed E-state index contributed by atoms with van der Waals surface area (Å²) >= 11 is 2.07. The fraction of sp³-hybridized carbons (Fsp3) is 0.667. The van der Waals surface area contributed by atoms with E-state index in [2.05, 4.69) is 64.3 Å². The molecule has 1 unspecified atom stereocenters. The molecule has 1 aromatic rings. The minimum absolute atomic E-state index is 0.364. The van der Waals surface area contributed by atoms with E-state index in [1.165, 1.54) is 24.2 Å². The van der Waals surface area contributed by atoms with Crippen LogP contribution in [0.3, 0.4) is 0 Å². The normalized spacial score (nSPS) is 23.1. The van der Waals surface area contributed by atoms with Gasteiger partial charge in [-0.2, -0.15) is 11.8 Å². The molecule has 2 N–H and O–H groups in total. The van der Waals surface area contributed by atoms with E-state index in [9.17, 15) is 0 Å². The minimum atomic E-state index is 0.364. The summed E-state index contributed by atoms with van der Waals surface area (Å²) in [5.41, 5.74) is 1.24. The lowest BCUT2D eigenvalue weighted by atomic mass is 10.1. The molecule has 20 heavy (non-hydrogen) atoms. The van der Waals surface area contributed by atoms with Crippen LogP contribution in [0.4, 0.5) is 0 Å². The third-order valence-electron chi connectivity index (χ3n) is 3.59. The van der Waals surface area contributed by atoms with E-state index in [0.717, 1.165) is 25.6 Å². The molecule has 1 saturated heterocycles. The summed E-state index contributed by atoms with van der Waals surface area (Å²) in [6.07, 6.45) is 6.80. The maximum Gasteiger partial charge on any atom is 0.191 e. The summed E-state index contributed by atoms with van der Waals surface area (Å²) in [5.74, 6) is 2.21. The van der Waals surface area contributed by atoms with Crippen LogP contribution in [0.25, 0.3) is 0 Å². The maximum absolute atomic E-state index is 4.66. The van der Waals surface area contributed by atoms with Crippen LogP contribution in [0.1, 0.15) is 32.3 Å². The number of aryl methyl sites for hydroxylation is 1. The van der Waals surface area contributed by atoms with Gasteiger partial charge in [0, 0.05) is 37.3 Å². The Morgan fingerprint density at radius 1 is 1.50 bits per heavy atom. The lowest BCUT2D eigenvalue weighted by molar-refractivity contribution is 0.584. The Morgan fingerprint density at radius 3 is 2.95 bits per heavy atom. The molecule has 0 saturated carbocycles. The molecule has 1 atom stereocenters. The molecule has 0 radical (unpaired) electrons. The van der Waals surface area contributed by atoms with Gasteiger partial charge in [-0.05, 0) is 44.1 Å². The molecule has 0 aromatic carbocycles. The van der Waals surface area contributed by atoms with Crippen LogP contribution in [0, 0.1) is 0 Å². The third kappa shape index (κ3) is 4.47. The lowest BCUT2D eigenvalue weighted by Gasteiger charge is -2.24. The first-order valence-electron chi connectivity index (χ1n) is 7.38. The predicted molar refractivity (Wildman–Crippen MR) is 88.3 cm³/mol. The summed E-state index contributed by atoms with van der Waals surface area (Å²) in [5, 5.41) is 6.82. The molecule has 0 aliphatic carbocycles. The number of rotatable bonds is 5. The van der Waals surface area contributed by atoms with Gasteiger partial charge in [-0.25, -0.2) is 4.99 Å². The second kappa shape index (κ2) is 7.07. The number of thioether (sulfide) groups is 1. The first-order valence-corrected chi connectivity index (χ1v) is 8.37. The number of aliphatic imine (C=N–C) groups is 1. The molecule has 0 spiro atoms. The van der Waals surface area contributed by atoms with Gasteiger partial charge in [0.25, 0.3) is 0 Å². The molecule has 0 bridgehead atoms. The van der Waals surface area contributed by atoms with Crippen LogP contribution in [-0.4, -0.2) is 34.1 Å². The number of nitrogens with one attached hydrogen (secondary N) is 2. The topological polar surface area (TPSA) is 41.4 Å². The Balaban J connectivity index is 1.88. The molecule has 4 nitrogen and oxygen atoms in total. The van der Waals surface area contributed by atoms with Crippen molar-refractivity contribution in [3.05, 3.63) is 24.0 Å². The molecule has 5 heteroatoms. The fourth-order valence-electron chi connectivity index (χ4n) is 2.41. The van der Waals surface area contributed by atoms with E-state index in [1.807, 2.05) is 7.05 Å². The van der Waals surface area contributed by atoms with E-state index in [-0.39, 0.29) is 0 Å². The van der Waals surface area contributed by atoms with Crippen LogP contribution < -0.4 is 10.6 Å². The zero-order chi connectivity index (χ0) is 14.4. The van der Waals surface area contributed by atoms with Crippen molar-refractivity contribution in [2.75, 3.05) is 18.8 Å². The smallest absolute Gasteiger partial charge is 0.191 e. The van der Waals surface area contributed by atoms with Gasteiger partial charge in [-0.3, -0.25) is 0 Å². The average molecular weight is 294 g/mol. The summed E-state index contributed by atoms with van der Waals surface area (Å²) in [4.78, 5) is 4.66. The zero-order valence-electron chi connectivity index (χ0n) is 12.8. The van der Waals surface area contributed by atoms with Gasteiger partial charge in [-0.15, -0.1) is 0 Å². The van der Waals surface area contributed by atoms with Gasteiger partial charge in [0.1, 0.15) is 0 Å². The lowest BCUT2D eigenvalue weighted by Crippen LogP contribution is -2.43. The van der Waals surface area contributed by atoms with Crippen LogP contribution in [0.5, 0.6) is 0 Å². The van der Waals surface area contributed by atoms with Gasteiger partial charge < -0.3 is 15.2 Å². The van der Waals surface area contributed by atoms with Crippen LogP contribution in [0.15, 0.2) is 23.5 Å². The number of hydrogen-bond acceptors (Lipinski definition) is 2. The molecule has 2 rings (SSSR count). The summed E-state index contributed by atoms with van der Waals surface area (Å²) in [7, 11) is 2.04. The second-order valence-electron chi connectivity index (χ2n) is 5.64. The largest absolute Gasteiger partial charge is 0.357 e. The van der Waals surface area contributed by atoms with Crippen LogP contribution in [-0.2, 0) is 13.6 Å². The second-order valence-corrected chi connectivity index (χ2v) is 7.32. The number of nitrogens with zero attached hydrogens (tertiary/aromatic N) is 2. The monoisotopic (exact) mass is 294 g/mol. The molecule has 1 aromatic heterocycles. The Morgan fingerprint density at radius 2 is 2.35 bits per heavy atom. The minimum Gasteiger partial charge on any atom is -0.357 e. The highest BCUT2D eigenvalue weighted by Crippen LogP contribution is 2.36. The Kier molecular flexibility index (Phi) is 5.40. The Hall–Kier alpha value is -1.10. The maximum atomic E-state index is 4.66. The number of guanidine groups is 1. The van der Waals surface area contributed by atoms with Crippen molar-refractivity contribution in [3.63, 3.8) is 0 Å². The van der Waals surface area contributed by atoms with E-state index >= 15 is 0 Å². The van der Waals surface area contributed by atoms with Crippen molar-refractivity contribution in [2.45, 2.75) is 38.0 Å². The highest BCUT2D eigenvalue weighted by atomic mass is 32.2. The van der Waals surface area contributed by atoms with E-state index in [0.29, 0.717) is 4.75 Å². The van der Waals surface area contributed by atoms with Crippen LogP contribution >= 0.6 is 11.8 Å². The molecular formula is C15H26N4S. The van der Waals surface area contributed by atoms with E-state index in [4.69, 9.17) is 0 Å². The van der Waals surface area contributed by atoms with Crippen molar-refractivity contribution in [2.24, 2.45) is 12.0 Å². The molecule has 0 amide bonds. The van der Waals surface area contributed by atoms with Gasteiger partial charge in [0.15, 0.2) is 5.96 Å². The predicted octanol–water partition coefficient (Wildman–Crippen LogP) is 2.37. The van der Waals surface area contributed by atoms with Gasteiger partial charge in [0.2, 0.25) is 0 Å². The molecule has 1 aliphatic heterocycles. The van der Waals surface area contributed by atoms with Crippen molar-refractivity contribution < 1.29 is 0 Å². The summed E-state index contributed by atoms with van der Waals surface area (Å²) in [6.45, 7) is 7.05. The Bertz CT molecular complexity index is 446. The third-order valence-corrected chi connectivity index (χ3v) is 5.13. The molecule has 112 valence electrons. The van der Waals surface area contributed by atoms with Gasteiger partial charge in [0.05, 0.1) is 6.54 Å². The standard InChI is InChI=1S/C15H26N4S/c1-4-16-14(17-10-13-6-8-19(3)11-13)18-12-15(2)7-5-9-20-15/h6,8,11H,4-5,7,9-10,12H2,1-3H3,(H2,16,17,18). The molecule has 1 aliphatic rings. The van der Waals surface area contributed by atoms with Gasteiger partial charge in [-0.1, -0.05) is 0 Å². The molecule has 1 fully saturated rings. The summed E-state index contributed by atoms with van der Waals surface area (Å²) < 4.78 is 2.42. The van der Waals surface area contributed by atoms with Crippen molar-refractivity contribution in [3.8, 4) is 0 Å². The Labute approximate surface area is 126 Å². The first kappa shape index (κ1) is 15.3. The highest BCUT2D eigenvalue weighted by molar-refractivity contribution is 8.00. The van der Waals surface area contributed by atoms with Crippen molar-refractivity contribution in [1.82, 2.24) is 15.2 Å². The molecule has 2 heterocycles. The number of aromatic nitrogens is 1.